The number of hydrogen-bond donors (Lipinski definition) is 1. The van der Waals surface area contributed by atoms with Crippen LogP contribution in [0.25, 0.3) is 0 Å². The monoisotopic (exact) mass is 550 g/mol. The maximum absolute atomic E-state index is 13.0. The molecule has 6 nitrogen and oxygen atoms in total. The minimum atomic E-state index is -0.0504. The predicted molar refractivity (Wildman–Crippen MR) is 147 cm³/mol. The molecular formula is C27H33Cl3N4O2. The highest BCUT2D eigenvalue weighted by Crippen LogP contribution is 2.45. The third-order valence-electron chi connectivity index (χ3n) is 7.87. The van der Waals surface area contributed by atoms with E-state index in [9.17, 15) is 9.59 Å². The molecule has 3 aliphatic heterocycles. The SMILES string of the molecule is CN1C(=O)c2ccccc2[C@H]1[C@@H](CCN1CCC(N2CCCNC2=O)CC1)c1ccc(Cl)c(Cl)c1.Cl. The molecule has 5 rings (SSSR count). The van der Waals surface area contributed by atoms with Crippen molar-refractivity contribution < 1.29 is 9.59 Å². The molecule has 2 atom stereocenters. The standard InChI is InChI=1S/C27H32Cl2N4O2.ClH/c1-31-25(21-5-2-3-6-22(21)26(31)34)20(18-7-8-23(28)24(29)17-18)11-16-32-14-9-19(10-15-32)33-13-4-12-30-27(33)35;/h2-3,5-8,17,19-20,25H,4,9-16H2,1H3,(H,30,35);1H/t20-,25+;/m0./s1. The van der Waals surface area contributed by atoms with Crippen molar-refractivity contribution >= 4 is 47.5 Å². The van der Waals surface area contributed by atoms with E-state index in [-0.39, 0.29) is 36.3 Å². The predicted octanol–water partition coefficient (Wildman–Crippen LogP) is 5.60. The van der Waals surface area contributed by atoms with Crippen LogP contribution < -0.4 is 5.32 Å². The highest BCUT2D eigenvalue weighted by Gasteiger charge is 2.40. The number of hydrogen-bond acceptors (Lipinski definition) is 3. The number of nitrogens with zero attached hydrogens (tertiary/aromatic N) is 3. The lowest BCUT2D eigenvalue weighted by molar-refractivity contribution is 0.0740. The zero-order chi connectivity index (χ0) is 24.5. The normalized spacial score (nSPS) is 21.7. The van der Waals surface area contributed by atoms with Gasteiger partial charge < -0.3 is 20.0 Å². The Hall–Kier alpha value is -1.99. The molecule has 0 aliphatic carbocycles. The van der Waals surface area contributed by atoms with Crippen molar-refractivity contribution in [2.24, 2.45) is 0 Å². The van der Waals surface area contributed by atoms with Crippen LogP contribution in [0.4, 0.5) is 4.79 Å². The first-order valence-corrected chi connectivity index (χ1v) is 13.3. The van der Waals surface area contributed by atoms with Gasteiger partial charge in [-0.05, 0) is 61.6 Å². The van der Waals surface area contributed by atoms with E-state index >= 15 is 0 Å². The van der Waals surface area contributed by atoms with Gasteiger partial charge in [-0.15, -0.1) is 12.4 Å². The summed E-state index contributed by atoms with van der Waals surface area (Å²) in [6.07, 6.45) is 3.90. The lowest BCUT2D eigenvalue weighted by Crippen LogP contribution is -2.54. The number of halogens is 3. The number of nitrogens with one attached hydrogen (secondary N) is 1. The van der Waals surface area contributed by atoms with E-state index in [1.807, 2.05) is 53.2 Å². The van der Waals surface area contributed by atoms with Crippen LogP contribution >= 0.6 is 35.6 Å². The molecule has 2 aromatic carbocycles. The summed E-state index contributed by atoms with van der Waals surface area (Å²) in [7, 11) is 1.90. The summed E-state index contributed by atoms with van der Waals surface area (Å²) in [5, 5.41) is 4.05. The zero-order valence-electron chi connectivity index (χ0n) is 20.5. The topological polar surface area (TPSA) is 55.9 Å². The summed E-state index contributed by atoms with van der Waals surface area (Å²) in [5.41, 5.74) is 2.96. The number of amides is 3. The van der Waals surface area contributed by atoms with Gasteiger partial charge >= 0.3 is 6.03 Å². The van der Waals surface area contributed by atoms with Gasteiger partial charge in [0.1, 0.15) is 0 Å². The van der Waals surface area contributed by atoms with Crippen LogP contribution in [0.15, 0.2) is 42.5 Å². The molecule has 2 fully saturated rings. The molecule has 194 valence electrons. The number of carbonyl (C=O) groups is 2. The van der Waals surface area contributed by atoms with Crippen molar-refractivity contribution in [1.29, 1.82) is 0 Å². The van der Waals surface area contributed by atoms with Crippen LogP contribution in [-0.2, 0) is 0 Å². The Kier molecular flexibility index (Phi) is 8.71. The number of benzene rings is 2. The highest BCUT2D eigenvalue weighted by atomic mass is 35.5. The van der Waals surface area contributed by atoms with Crippen molar-refractivity contribution in [2.75, 3.05) is 39.8 Å². The Morgan fingerprint density at radius 2 is 1.78 bits per heavy atom. The molecule has 2 aromatic rings. The van der Waals surface area contributed by atoms with Gasteiger partial charge in [-0.2, -0.15) is 0 Å². The Bertz CT molecular complexity index is 1110. The molecule has 2 saturated heterocycles. The van der Waals surface area contributed by atoms with Crippen molar-refractivity contribution in [3.63, 3.8) is 0 Å². The highest BCUT2D eigenvalue weighted by molar-refractivity contribution is 6.42. The number of piperidine rings is 1. The minimum Gasteiger partial charge on any atom is -0.338 e. The molecular weight excluding hydrogens is 519 g/mol. The molecule has 36 heavy (non-hydrogen) atoms. The second-order valence-corrected chi connectivity index (χ2v) is 10.7. The van der Waals surface area contributed by atoms with E-state index in [1.54, 1.807) is 0 Å². The van der Waals surface area contributed by atoms with Crippen LogP contribution in [-0.4, -0.2) is 72.5 Å². The molecule has 0 unspecified atom stereocenters. The molecule has 3 amide bonds. The minimum absolute atomic E-state index is 0. The third-order valence-corrected chi connectivity index (χ3v) is 8.61. The third kappa shape index (κ3) is 5.33. The summed E-state index contributed by atoms with van der Waals surface area (Å²) in [5.74, 6) is 0.157. The fourth-order valence-corrected chi connectivity index (χ4v) is 6.29. The lowest BCUT2D eigenvalue weighted by atomic mass is 9.84. The zero-order valence-corrected chi connectivity index (χ0v) is 22.8. The van der Waals surface area contributed by atoms with Crippen molar-refractivity contribution in [2.45, 2.75) is 43.7 Å². The average molecular weight is 552 g/mol. The number of likely N-dealkylation sites (tertiary alicyclic amines) is 1. The van der Waals surface area contributed by atoms with Crippen LogP contribution in [0.1, 0.15) is 59.1 Å². The van der Waals surface area contributed by atoms with Gasteiger partial charge in [0.25, 0.3) is 5.91 Å². The molecule has 1 N–H and O–H groups in total. The summed E-state index contributed by atoms with van der Waals surface area (Å²) in [6.45, 7) is 4.50. The van der Waals surface area contributed by atoms with E-state index in [4.69, 9.17) is 23.2 Å². The molecule has 0 radical (unpaired) electrons. The van der Waals surface area contributed by atoms with Crippen LogP contribution in [0.5, 0.6) is 0 Å². The molecule has 9 heteroatoms. The first kappa shape index (κ1) is 27.1. The molecule has 3 heterocycles. The Morgan fingerprint density at radius 1 is 1.03 bits per heavy atom. The maximum Gasteiger partial charge on any atom is 0.317 e. The number of rotatable bonds is 6. The molecule has 0 aromatic heterocycles. The van der Waals surface area contributed by atoms with Gasteiger partial charge in [-0.1, -0.05) is 47.5 Å². The summed E-state index contributed by atoms with van der Waals surface area (Å²) < 4.78 is 0. The van der Waals surface area contributed by atoms with E-state index in [0.29, 0.717) is 16.1 Å². The Balaban J connectivity index is 0.00000304. The van der Waals surface area contributed by atoms with Crippen LogP contribution in [0.3, 0.4) is 0 Å². The molecule has 0 bridgehead atoms. The summed E-state index contributed by atoms with van der Waals surface area (Å²) in [4.78, 5) is 31.7. The van der Waals surface area contributed by atoms with E-state index in [0.717, 1.165) is 75.1 Å². The number of carbonyl (C=O) groups excluding carboxylic acids is 2. The van der Waals surface area contributed by atoms with E-state index in [1.165, 1.54) is 0 Å². The quantitative estimate of drug-likeness (QED) is 0.509. The maximum atomic E-state index is 13.0. The van der Waals surface area contributed by atoms with Crippen molar-refractivity contribution in [1.82, 2.24) is 20.0 Å². The van der Waals surface area contributed by atoms with Gasteiger partial charge in [-0.25, -0.2) is 4.79 Å². The van der Waals surface area contributed by atoms with Gasteiger partial charge in [0.2, 0.25) is 0 Å². The molecule has 0 spiro atoms. The Morgan fingerprint density at radius 3 is 2.50 bits per heavy atom. The summed E-state index contributed by atoms with van der Waals surface area (Å²) in [6, 6.07) is 14.1. The summed E-state index contributed by atoms with van der Waals surface area (Å²) >= 11 is 12.6. The van der Waals surface area contributed by atoms with Crippen LogP contribution in [0.2, 0.25) is 10.0 Å². The lowest BCUT2D eigenvalue weighted by Gasteiger charge is -2.40. The number of fused-ring (bicyclic) bond motifs is 1. The number of urea groups is 1. The molecule has 0 saturated carbocycles. The van der Waals surface area contributed by atoms with Gasteiger partial charge in [0.15, 0.2) is 0 Å². The smallest absolute Gasteiger partial charge is 0.317 e. The van der Waals surface area contributed by atoms with Gasteiger partial charge in [-0.3, -0.25) is 4.79 Å². The Labute approximate surface area is 229 Å². The van der Waals surface area contributed by atoms with Gasteiger partial charge in [0.05, 0.1) is 16.1 Å². The van der Waals surface area contributed by atoms with Crippen LogP contribution in [0, 0.1) is 0 Å². The fraction of sp³-hybridized carbons (Fsp3) is 0.481. The average Bonchev–Trinajstić information content (AvgIpc) is 3.12. The van der Waals surface area contributed by atoms with Gasteiger partial charge in [0, 0.05) is 50.7 Å². The van der Waals surface area contributed by atoms with Crippen molar-refractivity contribution in [3.8, 4) is 0 Å². The van der Waals surface area contributed by atoms with E-state index in [2.05, 4.69) is 16.3 Å². The van der Waals surface area contributed by atoms with Crippen molar-refractivity contribution in [3.05, 3.63) is 69.2 Å². The second kappa shape index (κ2) is 11.6. The first-order chi connectivity index (χ1) is 16.9. The molecule has 3 aliphatic rings. The first-order valence-electron chi connectivity index (χ1n) is 12.5. The second-order valence-electron chi connectivity index (χ2n) is 9.87. The number of likely N-dealkylation sites (N-methyl/N-ethyl adjacent to an activating group) is 1. The fourth-order valence-electron chi connectivity index (χ4n) is 5.98. The largest absolute Gasteiger partial charge is 0.338 e. The van der Waals surface area contributed by atoms with E-state index < -0.39 is 0 Å².